The third-order valence-electron chi connectivity index (χ3n) is 6.32. The Bertz CT molecular complexity index is 1090. The van der Waals surface area contributed by atoms with Crippen LogP contribution >= 0.6 is 0 Å². The van der Waals surface area contributed by atoms with E-state index < -0.39 is 0 Å². The van der Waals surface area contributed by atoms with Crippen molar-refractivity contribution >= 4 is 28.4 Å². The molecule has 4 aromatic rings. The third kappa shape index (κ3) is 3.94. The lowest BCUT2D eigenvalue weighted by Crippen LogP contribution is -2.33. The van der Waals surface area contributed by atoms with Crippen LogP contribution in [0, 0.1) is 0 Å². The summed E-state index contributed by atoms with van der Waals surface area (Å²) in [6.45, 7) is 8.94. The molecule has 32 heavy (non-hydrogen) atoms. The molecule has 162 valence electrons. The summed E-state index contributed by atoms with van der Waals surface area (Å²) >= 11 is 0. The number of nitrogens with zero attached hydrogens (tertiary/aromatic N) is 1. The van der Waals surface area contributed by atoms with Crippen LogP contribution < -0.4 is 10.2 Å². The lowest BCUT2D eigenvalue weighted by Gasteiger charge is -2.37. The summed E-state index contributed by atoms with van der Waals surface area (Å²) in [5.74, 6) is 0.981. The van der Waals surface area contributed by atoms with Crippen molar-refractivity contribution in [3.05, 3.63) is 114 Å². The first kappa shape index (κ1) is 21.9. The summed E-state index contributed by atoms with van der Waals surface area (Å²) in [5.41, 5.74) is 14.3. The standard InChI is InChI=1S/C30H33N2/c1-22(2)24-10-16-28(17-11-24)32(27-8-6-5-7-9-27,30-20-14-26(31)15-21-30)29-18-12-25(13-19-29)23(3)4/h5-23H,31H2,1-4H3/q+1. The van der Waals surface area contributed by atoms with Gasteiger partial charge in [-0.2, -0.15) is 4.48 Å². The van der Waals surface area contributed by atoms with E-state index in [4.69, 9.17) is 5.73 Å². The second-order valence-electron chi connectivity index (χ2n) is 9.09. The number of hydrogen-bond donors (Lipinski definition) is 1. The van der Waals surface area contributed by atoms with Gasteiger partial charge in [0.2, 0.25) is 0 Å². The van der Waals surface area contributed by atoms with E-state index in [1.165, 1.54) is 28.2 Å². The number of nitrogen functional groups attached to an aromatic ring is 1. The smallest absolute Gasteiger partial charge is 0.148 e. The fraction of sp³-hybridized carbons (Fsp3) is 0.200. The van der Waals surface area contributed by atoms with Crippen LogP contribution in [0.5, 0.6) is 0 Å². The van der Waals surface area contributed by atoms with Gasteiger partial charge in [-0.3, -0.25) is 0 Å². The molecule has 0 aliphatic carbocycles. The van der Waals surface area contributed by atoms with E-state index >= 15 is 0 Å². The Morgan fingerprint density at radius 1 is 0.469 bits per heavy atom. The van der Waals surface area contributed by atoms with Gasteiger partial charge in [-0.1, -0.05) is 70.2 Å². The Balaban J connectivity index is 2.05. The Kier molecular flexibility index (Phi) is 6.16. The second kappa shape index (κ2) is 9.02. The first-order chi connectivity index (χ1) is 15.4. The number of quaternary nitrogens is 1. The predicted octanol–water partition coefficient (Wildman–Crippen LogP) is 8.82. The van der Waals surface area contributed by atoms with Crippen molar-refractivity contribution in [3.63, 3.8) is 0 Å². The molecule has 0 bridgehead atoms. The number of nitrogens with two attached hydrogens (primary N) is 1. The molecule has 4 aromatic carbocycles. The van der Waals surface area contributed by atoms with Gasteiger partial charge in [0, 0.05) is 54.2 Å². The summed E-state index contributed by atoms with van der Waals surface area (Å²) < 4.78 is 0.498. The van der Waals surface area contributed by atoms with Gasteiger partial charge in [-0.25, -0.2) is 0 Å². The fourth-order valence-electron chi connectivity index (χ4n) is 4.41. The minimum atomic E-state index is 0.490. The predicted molar refractivity (Wildman–Crippen MR) is 139 cm³/mol. The Labute approximate surface area is 192 Å². The molecule has 2 N–H and O–H groups in total. The van der Waals surface area contributed by atoms with E-state index in [0.717, 1.165) is 11.4 Å². The van der Waals surface area contributed by atoms with E-state index in [2.05, 4.69) is 119 Å². The molecule has 0 aliphatic heterocycles. The van der Waals surface area contributed by atoms with E-state index in [1.807, 2.05) is 12.1 Å². The van der Waals surface area contributed by atoms with Crippen molar-refractivity contribution in [2.75, 3.05) is 5.73 Å². The summed E-state index contributed by atoms with van der Waals surface area (Å²) in [6, 6.07) is 37.1. The van der Waals surface area contributed by atoms with E-state index in [9.17, 15) is 0 Å². The summed E-state index contributed by atoms with van der Waals surface area (Å²) in [6.07, 6.45) is 0. The Morgan fingerprint density at radius 3 is 1.19 bits per heavy atom. The largest absolute Gasteiger partial charge is 0.399 e. The highest BCUT2D eigenvalue weighted by Gasteiger charge is 2.39. The van der Waals surface area contributed by atoms with Crippen LogP contribution in [-0.4, -0.2) is 0 Å². The Hall–Kier alpha value is -3.36. The molecule has 0 fully saturated rings. The first-order valence-corrected chi connectivity index (χ1v) is 11.4. The van der Waals surface area contributed by atoms with Crippen molar-refractivity contribution in [2.24, 2.45) is 0 Å². The summed E-state index contributed by atoms with van der Waals surface area (Å²) in [5, 5.41) is 0. The molecule has 0 amide bonds. The third-order valence-corrected chi connectivity index (χ3v) is 6.32. The molecule has 0 radical (unpaired) electrons. The molecule has 0 heterocycles. The zero-order chi connectivity index (χ0) is 22.7. The van der Waals surface area contributed by atoms with E-state index in [-0.39, 0.29) is 0 Å². The van der Waals surface area contributed by atoms with Gasteiger partial charge in [0.1, 0.15) is 22.7 Å². The highest BCUT2D eigenvalue weighted by molar-refractivity contribution is 5.82. The first-order valence-electron chi connectivity index (χ1n) is 11.4. The highest BCUT2D eigenvalue weighted by Crippen LogP contribution is 2.51. The second-order valence-corrected chi connectivity index (χ2v) is 9.09. The zero-order valence-electron chi connectivity index (χ0n) is 19.5. The van der Waals surface area contributed by atoms with Gasteiger partial charge < -0.3 is 5.73 Å². The summed E-state index contributed by atoms with van der Waals surface area (Å²) in [4.78, 5) is 0. The van der Waals surface area contributed by atoms with Crippen molar-refractivity contribution in [3.8, 4) is 0 Å². The fourth-order valence-corrected chi connectivity index (χ4v) is 4.41. The maximum Gasteiger partial charge on any atom is 0.148 e. The van der Waals surface area contributed by atoms with Crippen LogP contribution in [0.1, 0.15) is 50.7 Å². The molecule has 0 unspecified atom stereocenters. The highest BCUT2D eigenvalue weighted by atomic mass is 15.4. The minimum Gasteiger partial charge on any atom is -0.399 e. The number of hydrogen-bond acceptors (Lipinski definition) is 1. The van der Waals surface area contributed by atoms with Crippen LogP contribution in [0.2, 0.25) is 0 Å². The SMILES string of the molecule is CC(C)c1ccc([N+](c2ccccc2)(c2ccc(N)cc2)c2ccc(C(C)C)cc2)cc1. The van der Waals surface area contributed by atoms with Crippen LogP contribution in [0.4, 0.5) is 28.4 Å². The maximum atomic E-state index is 6.09. The van der Waals surface area contributed by atoms with Crippen LogP contribution in [-0.2, 0) is 0 Å². The zero-order valence-corrected chi connectivity index (χ0v) is 19.5. The molecule has 4 rings (SSSR count). The van der Waals surface area contributed by atoms with Crippen molar-refractivity contribution in [1.29, 1.82) is 0 Å². The van der Waals surface area contributed by atoms with Gasteiger partial charge in [0.15, 0.2) is 0 Å². The number of rotatable bonds is 6. The molecule has 0 aromatic heterocycles. The van der Waals surface area contributed by atoms with Gasteiger partial charge in [-0.15, -0.1) is 0 Å². The maximum absolute atomic E-state index is 6.09. The number of benzene rings is 4. The molecule has 0 aliphatic rings. The molecule has 0 saturated heterocycles. The van der Waals surface area contributed by atoms with E-state index in [1.54, 1.807) is 0 Å². The lowest BCUT2D eigenvalue weighted by molar-refractivity contribution is 0.701. The van der Waals surface area contributed by atoms with Crippen LogP contribution in [0.15, 0.2) is 103 Å². The van der Waals surface area contributed by atoms with Gasteiger partial charge in [0.25, 0.3) is 0 Å². The molecule has 2 heteroatoms. The topological polar surface area (TPSA) is 26.0 Å². The molecule has 0 spiro atoms. The average molecular weight is 422 g/mol. The van der Waals surface area contributed by atoms with Crippen molar-refractivity contribution in [2.45, 2.75) is 39.5 Å². The number of anilines is 1. The van der Waals surface area contributed by atoms with Gasteiger partial charge >= 0.3 is 0 Å². The molecule has 0 atom stereocenters. The van der Waals surface area contributed by atoms with Gasteiger partial charge in [0.05, 0.1) is 0 Å². The average Bonchev–Trinajstić information content (AvgIpc) is 2.82. The monoisotopic (exact) mass is 421 g/mol. The quantitative estimate of drug-likeness (QED) is 0.244. The Morgan fingerprint density at radius 2 is 0.812 bits per heavy atom. The van der Waals surface area contributed by atoms with Crippen molar-refractivity contribution in [1.82, 2.24) is 4.48 Å². The van der Waals surface area contributed by atoms with Crippen LogP contribution in [0.25, 0.3) is 0 Å². The minimum absolute atomic E-state index is 0.490. The van der Waals surface area contributed by atoms with E-state index in [0.29, 0.717) is 16.3 Å². The lowest BCUT2D eigenvalue weighted by atomic mass is 9.99. The molecular formula is C30H33N2+. The van der Waals surface area contributed by atoms with Crippen LogP contribution in [0.3, 0.4) is 0 Å². The number of para-hydroxylation sites is 1. The molecule has 0 saturated carbocycles. The normalized spacial score (nSPS) is 11.8. The molecular weight excluding hydrogens is 388 g/mol. The van der Waals surface area contributed by atoms with Crippen molar-refractivity contribution < 1.29 is 0 Å². The summed E-state index contributed by atoms with van der Waals surface area (Å²) in [7, 11) is 0. The molecule has 2 nitrogen and oxygen atoms in total. The van der Waals surface area contributed by atoms with Gasteiger partial charge in [-0.05, 0) is 35.1 Å².